The molecule has 0 bridgehead atoms. The molecule has 0 amide bonds. The Labute approximate surface area is 99.1 Å². The van der Waals surface area contributed by atoms with E-state index in [9.17, 15) is 18.0 Å². The van der Waals surface area contributed by atoms with Gasteiger partial charge in [-0.15, -0.1) is 13.2 Å². The monoisotopic (exact) mass is 266 g/mol. The fourth-order valence-electron chi connectivity index (χ4n) is 1.04. The van der Waals surface area contributed by atoms with Crippen LogP contribution >= 0.6 is 11.6 Å². The van der Waals surface area contributed by atoms with Gasteiger partial charge in [-0.25, -0.2) is 4.79 Å². The molecule has 3 nitrogen and oxygen atoms in total. The van der Waals surface area contributed by atoms with Crippen LogP contribution in [0.5, 0.6) is 5.75 Å². The minimum Gasteiger partial charge on any atom is -0.478 e. The van der Waals surface area contributed by atoms with Gasteiger partial charge < -0.3 is 9.84 Å². The lowest BCUT2D eigenvalue weighted by Gasteiger charge is -2.12. The number of aliphatic carboxylic acids is 1. The molecule has 0 aliphatic rings. The van der Waals surface area contributed by atoms with Crippen LogP contribution < -0.4 is 4.74 Å². The summed E-state index contributed by atoms with van der Waals surface area (Å²) in [6.07, 6.45) is -3.24. The number of carboxylic acid groups (broad SMARTS) is 1. The molecule has 0 aliphatic heterocycles. The minimum absolute atomic E-state index is 0.0720. The predicted octanol–water partition coefficient (Wildman–Crippen LogP) is 3.34. The molecule has 0 fully saturated rings. The van der Waals surface area contributed by atoms with Gasteiger partial charge in [0.1, 0.15) is 0 Å². The first kappa shape index (κ1) is 13.4. The van der Waals surface area contributed by atoms with Crippen molar-refractivity contribution in [3.8, 4) is 5.75 Å². The number of hydrogen-bond acceptors (Lipinski definition) is 2. The van der Waals surface area contributed by atoms with Crippen LogP contribution in [0.15, 0.2) is 24.3 Å². The Hall–Kier alpha value is -1.69. The summed E-state index contributed by atoms with van der Waals surface area (Å²) in [6.45, 7) is 0. The van der Waals surface area contributed by atoms with Crippen LogP contribution in [0, 0.1) is 0 Å². The van der Waals surface area contributed by atoms with E-state index in [2.05, 4.69) is 4.74 Å². The number of carbonyl (C=O) groups is 1. The number of alkyl halides is 3. The first-order valence-corrected chi connectivity index (χ1v) is 4.62. The highest BCUT2D eigenvalue weighted by Crippen LogP contribution is 2.34. The number of para-hydroxylation sites is 1. The topological polar surface area (TPSA) is 46.5 Å². The number of rotatable bonds is 3. The molecule has 17 heavy (non-hydrogen) atoms. The van der Waals surface area contributed by atoms with Crippen molar-refractivity contribution >= 4 is 23.6 Å². The molecular formula is C10H6ClF3O3. The van der Waals surface area contributed by atoms with Gasteiger partial charge in [0.15, 0.2) is 5.75 Å². The van der Waals surface area contributed by atoms with Crippen LogP contribution in [0.25, 0.3) is 6.08 Å². The lowest BCUT2D eigenvalue weighted by atomic mass is 10.2. The van der Waals surface area contributed by atoms with Gasteiger partial charge in [0.2, 0.25) is 0 Å². The molecule has 1 N–H and O–H groups in total. The summed E-state index contributed by atoms with van der Waals surface area (Å²) in [5.41, 5.74) is -0.0720. The molecule has 0 aliphatic carbocycles. The summed E-state index contributed by atoms with van der Waals surface area (Å²) >= 11 is 5.54. The summed E-state index contributed by atoms with van der Waals surface area (Å²) in [5, 5.41) is 8.13. The predicted molar refractivity (Wildman–Crippen MR) is 54.8 cm³/mol. The van der Waals surface area contributed by atoms with Crippen molar-refractivity contribution in [1.29, 1.82) is 0 Å². The van der Waals surface area contributed by atoms with E-state index in [1.165, 1.54) is 18.2 Å². The Morgan fingerprint density at radius 3 is 2.59 bits per heavy atom. The van der Waals surface area contributed by atoms with Gasteiger partial charge >= 0.3 is 12.3 Å². The zero-order valence-electron chi connectivity index (χ0n) is 8.16. The lowest BCUT2D eigenvalue weighted by Crippen LogP contribution is -2.18. The third-order valence-corrected chi connectivity index (χ3v) is 1.92. The summed E-state index contributed by atoms with van der Waals surface area (Å²) in [6, 6.07) is 3.85. The third-order valence-electron chi connectivity index (χ3n) is 1.62. The molecule has 7 heteroatoms. The number of halogens is 4. The molecule has 1 rings (SSSR count). The first-order valence-electron chi connectivity index (χ1n) is 4.25. The summed E-state index contributed by atoms with van der Waals surface area (Å²) < 4.78 is 40.0. The van der Waals surface area contributed by atoms with Crippen LogP contribution in [-0.2, 0) is 4.79 Å². The molecule has 0 radical (unpaired) electrons. The normalized spacial score (nSPS) is 11.8. The van der Waals surface area contributed by atoms with Crippen molar-refractivity contribution in [3.63, 3.8) is 0 Å². The van der Waals surface area contributed by atoms with Crippen LogP contribution in [0.4, 0.5) is 13.2 Å². The molecule has 0 heterocycles. The van der Waals surface area contributed by atoms with Crippen LogP contribution in [-0.4, -0.2) is 17.4 Å². The second kappa shape index (κ2) is 5.09. The van der Waals surface area contributed by atoms with Crippen molar-refractivity contribution < 1.29 is 27.8 Å². The fourth-order valence-corrected chi connectivity index (χ4v) is 1.26. The standard InChI is InChI=1S/C10H6ClF3O3/c11-7-3-1-2-6(4-5-8(15)16)9(7)17-10(12,13)14/h1-5H,(H,15,16)/b5-4+. The Morgan fingerprint density at radius 1 is 1.41 bits per heavy atom. The molecule has 0 saturated heterocycles. The van der Waals surface area contributed by atoms with Crippen molar-refractivity contribution in [3.05, 3.63) is 34.9 Å². The molecule has 0 spiro atoms. The maximum absolute atomic E-state index is 12.1. The third kappa shape index (κ3) is 4.36. The zero-order valence-corrected chi connectivity index (χ0v) is 8.92. The molecule has 0 aromatic heterocycles. The quantitative estimate of drug-likeness (QED) is 0.854. The van der Waals surface area contributed by atoms with Crippen LogP contribution in [0.2, 0.25) is 5.02 Å². The van der Waals surface area contributed by atoms with Crippen molar-refractivity contribution in [1.82, 2.24) is 0 Å². The largest absolute Gasteiger partial charge is 0.573 e. The van der Waals surface area contributed by atoms with Crippen LogP contribution in [0.1, 0.15) is 5.56 Å². The molecule has 0 unspecified atom stereocenters. The minimum atomic E-state index is -4.89. The fraction of sp³-hybridized carbons (Fsp3) is 0.100. The molecule has 92 valence electrons. The van der Waals surface area contributed by atoms with E-state index in [0.717, 1.165) is 6.08 Å². The maximum Gasteiger partial charge on any atom is 0.573 e. The number of carboxylic acids is 1. The summed E-state index contributed by atoms with van der Waals surface area (Å²) in [5.74, 6) is -1.91. The van der Waals surface area contributed by atoms with Gasteiger partial charge in [0.05, 0.1) is 5.02 Å². The molecule has 0 atom stereocenters. The highest BCUT2D eigenvalue weighted by atomic mass is 35.5. The number of ether oxygens (including phenoxy) is 1. The molecule has 1 aromatic rings. The van der Waals surface area contributed by atoms with E-state index in [1.807, 2.05) is 0 Å². The van der Waals surface area contributed by atoms with E-state index >= 15 is 0 Å². The van der Waals surface area contributed by atoms with E-state index in [1.54, 1.807) is 0 Å². The van der Waals surface area contributed by atoms with Crippen molar-refractivity contribution in [2.45, 2.75) is 6.36 Å². The first-order chi connectivity index (χ1) is 7.79. The zero-order chi connectivity index (χ0) is 13.1. The van der Waals surface area contributed by atoms with Gasteiger partial charge in [-0.3, -0.25) is 0 Å². The van der Waals surface area contributed by atoms with Gasteiger partial charge in [-0.2, -0.15) is 0 Å². The van der Waals surface area contributed by atoms with Gasteiger partial charge in [-0.1, -0.05) is 23.7 Å². The summed E-state index contributed by atoms with van der Waals surface area (Å²) in [4.78, 5) is 10.3. The second-order valence-corrected chi connectivity index (χ2v) is 3.28. The van der Waals surface area contributed by atoms with E-state index in [4.69, 9.17) is 16.7 Å². The highest BCUT2D eigenvalue weighted by Gasteiger charge is 2.32. The van der Waals surface area contributed by atoms with E-state index < -0.39 is 18.1 Å². The van der Waals surface area contributed by atoms with E-state index in [0.29, 0.717) is 6.08 Å². The smallest absolute Gasteiger partial charge is 0.478 e. The van der Waals surface area contributed by atoms with Gasteiger partial charge in [0, 0.05) is 11.6 Å². The Morgan fingerprint density at radius 2 is 2.06 bits per heavy atom. The van der Waals surface area contributed by atoms with Crippen LogP contribution in [0.3, 0.4) is 0 Å². The number of hydrogen-bond donors (Lipinski definition) is 1. The molecule has 1 aromatic carbocycles. The second-order valence-electron chi connectivity index (χ2n) is 2.88. The Bertz CT molecular complexity index is 455. The van der Waals surface area contributed by atoms with Crippen molar-refractivity contribution in [2.24, 2.45) is 0 Å². The Kier molecular flexibility index (Phi) is 4.01. The number of benzene rings is 1. The van der Waals surface area contributed by atoms with Crippen molar-refractivity contribution in [2.75, 3.05) is 0 Å². The molecule has 0 saturated carbocycles. The SMILES string of the molecule is O=C(O)/C=C/c1cccc(Cl)c1OC(F)(F)F. The lowest BCUT2D eigenvalue weighted by molar-refractivity contribution is -0.274. The molecular weight excluding hydrogens is 261 g/mol. The summed E-state index contributed by atoms with van der Waals surface area (Å²) in [7, 11) is 0. The average molecular weight is 267 g/mol. The van der Waals surface area contributed by atoms with E-state index in [-0.39, 0.29) is 10.6 Å². The van der Waals surface area contributed by atoms with Gasteiger partial charge in [-0.05, 0) is 12.1 Å². The Balaban J connectivity index is 3.13. The maximum atomic E-state index is 12.1. The average Bonchev–Trinajstić information content (AvgIpc) is 2.17. The van der Waals surface area contributed by atoms with Gasteiger partial charge in [0.25, 0.3) is 0 Å². The highest BCUT2D eigenvalue weighted by molar-refractivity contribution is 6.32.